The van der Waals surface area contributed by atoms with Crippen LogP contribution in [-0.2, 0) is 11.3 Å². The van der Waals surface area contributed by atoms with Crippen molar-refractivity contribution in [2.75, 3.05) is 27.9 Å². The number of ether oxygens (including phenoxy) is 3. The van der Waals surface area contributed by atoms with Gasteiger partial charge in [0.05, 0.1) is 27.2 Å². The fourth-order valence-electron chi connectivity index (χ4n) is 2.84. The summed E-state index contributed by atoms with van der Waals surface area (Å²) in [6.07, 6.45) is 0.330. The molecule has 0 N–H and O–H groups in total. The van der Waals surface area contributed by atoms with Gasteiger partial charge in [-0.3, -0.25) is 4.79 Å². The number of carbonyl (C=O) groups excluding carboxylic acids is 1. The molecule has 0 heterocycles. The van der Waals surface area contributed by atoms with E-state index < -0.39 is 0 Å². The topological polar surface area (TPSA) is 48.0 Å². The Balaban J connectivity index is 1.95. The number of hydrogen-bond donors (Lipinski definition) is 0. The highest BCUT2D eigenvalue weighted by Crippen LogP contribution is 2.30. The molecule has 2 aromatic carbocycles. The van der Waals surface area contributed by atoms with E-state index in [0.29, 0.717) is 31.1 Å². The van der Waals surface area contributed by atoms with Gasteiger partial charge in [-0.2, -0.15) is 0 Å². The van der Waals surface area contributed by atoms with Crippen LogP contribution in [0.25, 0.3) is 0 Å². The first-order chi connectivity index (χ1) is 12.8. The maximum atomic E-state index is 12.5. The molecule has 2 rings (SSSR count). The van der Waals surface area contributed by atoms with Crippen LogP contribution in [0.3, 0.4) is 0 Å². The van der Waals surface area contributed by atoms with Crippen molar-refractivity contribution < 1.29 is 19.0 Å². The first-order valence-corrected chi connectivity index (χ1v) is 9.01. The summed E-state index contributed by atoms with van der Waals surface area (Å²) in [7, 11) is 5.02. The van der Waals surface area contributed by atoms with Gasteiger partial charge < -0.3 is 19.1 Å². The average Bonchev–Trinajstić information content (AvgIpc) is 2.65. The van der Waals surface area contributed by atoms with Gasteiger partial charge in [-0.05, 0) is 61.2 Å². The van der Waals surface area contributed by atoms with Gasteiger partial charge in [0.2, 0.25) is 5.91 Å². The van der Waals surface area contributed by atoms with Gasteiger partial charge in [0, 0.05) is 13.6 Å². The van der Waals surface area contributed by atoms with Crippen molar-refractivity contribution in [3.63, 3.8) is 0 Å². The van der Waals surface area contributed by atoms with Crippen molar-refractivity contribution in [2.45, 2.75) is 33.7 Å². The highest BCUT2D eigenvalue weighted by atomic mass is 16.5. The minimum absolute atomic E-state index is 0.0366. The van der Waals surface area contributed by atoms with Crippen LogP contribution in [0.15, 0.2) is 30.3 Å². The van der Waals surface area contributed by atoms with Crippen molar-refractivity contribution >= 4 is 5.91 Å². The summed E-state index contributed by atoms with van der Waals surface area (Å²) in [6.45, 7) is 6.89. The molecule has 0 unspecified atom stereocenters. The number of benzene rings is 2. The van der Waals surface area contributed by atoms with Gasteiger partial charge >= 0.3 is 0 Å². The predicted octanol–water partition coefficient (Wildman–Crippen LogP) is 4.06. The molecule has 0 atom stereocenters. The lowest BCUT2D eigenvalue weighted by molar-refractivity contribution is -0.130. The average molecular weight is 371 g/mol. The Morgan fingerprint density at radius 3 is 2.26 bits per heavy atom. The monoisotopic (exact) mass is 371 g/mol. The van der Waals surface area contributed by atoms with Gasteiger partial charge in [0.25, 0.3) is 0 Å². The molecule has 27 heavy (non-hydrogen) atoms. The number of carbonyl (C=O) groups is 1. The van der Waals surface area contributed by atoms with E-state index in [1.807, 2.05) is 51.1 Å². The lowest BCUT2D eigenvalue weighted by atomic mass is 10.1. The fourth-order valence-corrected chi connectivity index (χ4v) is 2.84. The number of amides is 1. The zero-order valence-electron chi connectivity index (χ0n) is 17.1. The molecule has 0 aromatic heterocycles. The lowest BCUT2D eigenvalue weighted by Gasteiger charge is -2.20. The Labute approximate surface area is 161 Å². The quantitative estimate of drug-likeness (QED) is 0.702. The summed E-state index contributed by atoms with van der Waals surface area (Å²) in [5.41, 5.74) is 4.29. The smallest absolute Gasteiger partial charge is 0.226 e. The highest BCUT2D eigenvalue weighted by Gasteiger charge is 2.14. The van der Waals surface area contributed by atoms with Gasteiger partial charge in [0.1, 0.15) is 5.75 Å². The molecule has 0 aliphatic rings. The van der Waals surface area contributed by atoms with E-state index in [2.05, 4.69) is 0 Å². The summed E-state index contributed by atoms with van der Waals surface area (Å²) in [6, 6.07) is 9.92. The predicted molar refractivity (Wildman–Crippen MR) is 107 cm³/mol. The van der Waals surface area contributed by atoms with Crippen molar-refractivity contribution in [2.24, 2.45) is 0 Å². The van der Waals surface area contributed by atoms with Crippen LogP contribution in [0.4, 0.5) is 0 Å². The molecule has 5 nitrogen and oxygen atoms in total. The zero-order chi connectivity index (χ0) is 20.0. The Bertz CT molecular complexity index is 801. The summed E-state index contributed by atoms with van der Waals surface area (Å²) in [4.78, 5) is 14.2. The van der Waals surface area contributed by atoms with Crippen molar-refractivity contribution in [3.05, 3.63) is 52.6 Å². The summed E-state index contributed by atoms with van der Waals surface area (Å²) >= 11 is 0. The van der Waals surface area contributed by atoms with Crippen LogP contribution in [0, 0.1) is 20.8 Å². The molecule has 0 fully saturated rings. The zero-order valence-corrected chi connectivity index (χ0v) is 17.1. The van der Waals surface area contributed by atoms with Crippen LogP contribution in [0.2, 0.25) is 0 Å². The van der Waals surface area contributed by atoms with Crippen LogP contribution in [-0.4, -0.2) is 38.7 Å². The van der Waals surface area contributed by atoms with Gasteiger partial charge in [-0.25, -0.2) is 0 Å². The molecule has 0 radical (unpaired) electrons. The molecule has 0 bridgehead atoms. The fraction of sp³-hybridized carbons (Fsp3) is 0.409. The molecule has 146 valence electrons. The molecule has 0 spiro atoms. The molecule has 2 aromatic rings. The van der Waals surface area contributed by atoms with Gasteiger partial charge in [0.15, 0.2) is 11.5 Å². The molecule has 0 saturated heterocycles. The van der Waals surface area contributed by atoms with E-state index in [4.69, 9.17) is 14.2 Å². The highest BCUT2D eigenvalue weighted by molar-refractivity contribution is 5.76. The SMILES string of the molecule is COc1cc(C)c(CN(C)C(=O)CCOc2cc(C)ccc2C)cc1OC. The van der Waals surface area contributed by atoms with Crippen LogP contribution in [0.5, 0.6) is 17.2 Å². The van der Waals surface area contributed by atoms with Crippen LogP contribution >= 0.6 is 0 Å². The van der Waals surface area contributed by atoms with Crippen LogP contribution < -0.4 is 14.2 Å². The first kappa shape index (κ1) is 20.6. The van der Waals surface area contributed by atoms with Gasteiger partial charge in [-0.1, -0.05) is 12.1 Å². The number of hydrogen-bond acceptors (Lipinski definition) is 4. The van der Waals surface area contributed by atoms with E-state index >= 15 is 0 Å². The Kier molecular flexibility index (Phi) is 7.11. The lowest BCUT2D eigenvalue weighted by Crippen LogP contribution is -2.27. The summed E-state index contributed by atoms with van der Waals surface area (Å²) in [5, 5.41) is 0. The molecular weight excluding hydrogens is 342 g/mol. The third-order valence-corrected chi connectivity index (χ3v) is 4.59. The number of rotatable bonds is 8. The summed E-state index contributed by atoms with van der Waals surface area (Å²) < 4.78 is 16.5. The first-order valence-electron chi connectivity index (χ1n) is 9.01. The Hall–Kier alpha value is -2.69. The van der Waals surface area contributed by atoms with Crippen molar-refractivity contribution in [1.29, 1.82) is 0 Å². The second kappa shape index (κ2) is 9.31. The number of methoxy groups -OCH3 is 2. The maximum Gasteiger partial charge on any atom is 0.226 e. The normalized spacial score (nSPS) is 10.4. The van der Waals surface area contributed by atoms with Crippen molar-refractivity contribution in [3.8, 4) is 17.2 Å². The largest absolute Gasteiger partial charge is 0.493 e. The van der Waals surface area contributed by atoms with E-state index in [-0.39, 0.29) is 5.91 Å². The minimum atomic E-state index is 0.0366. The van der Waals surface area contributed by atoms with Gasteiger partial charge in [-0.15, -0.1) is 0 Å². The third-order valence-electron chi connectivity index (χ3n) is 4.59. The van der Waals surface area contributed by atoms with Crippen molar-refractivity contribution in [1.82, 2.24) is 4.90 Å². The third kappa shape index (κ3) is 5.39. The van der Waals surface area contributed by atoms with Crippen LogP contribution in [0.1, 0.15) is 28.7 Å². The summed E-state index contributed by atoms with van der Waals surface area (Å²) in [5.74, 6) is 2.22. The van der Waals surface area contributed by atoms with E-state index in [1.54, 1.807) is 26.2 Å². The molecule has 0 aliphatic heterocycles. The molecule has 0 aliphatic carbocycles. The standard InChI is InChI=1S/C22H29NO4/c1-15-7-8-16(2)19(11-15)27-10-9-22(24)23(4)14-18-13-21(26-6)20(25-5)12-17(18)3/h7-8,11-13H,9-10,14H2,1-6H3. The number of aryl methyl sites for hydroxylation is 3. The molecule has 0 saturated carbocycles. The van der Waals surface area contributed by atoms with E-state index in [0.717, 1.165) is 28.0 Å². The second-order valence-electron chi connectivity index (χ2n) is 6.75. The molecule has 5 heteroatoms. The number of nitrogens with zero attached hydrogens (tertiary/aromatic N) is 1. The molecular formula is C22H29NO4. The Morgan fingerprint density at radius 2 is 1.59 bits per heavy atom. The van der Waals surface area contributed by atoms with E-state index in [9.17, 15) is 4.79 Å². The minimum Gasteiger partial charge on any atom is -0.493 e. The second-order valence-corrected chi connectivity index (χ2v) is 6.75. The van der Waals surface area contributed by atoms with E-state index in [1.165, 1.54) is 0 Å². The maximum absolute atomic E-state index is 12.5. The Morgan fingerprint density at radius 1 is 0.926 bits per heavy atom. The molecule has 1 amide bonds.